The van der Waals surface area contributed by atoms with Gasteiger partial charge in [-0.25, -0.2) is 0 Å². The van der Waals surface area contributed by atoms with E-state index in [0.29, 0.717) is 32.5 Å². The Labute approximate surface area is 188 Å². The molecule has 1 aromatic heterocycles. The lowest BCUT2D eigenvalue weighted by Crippen LogP contribution is -2.15. The number of hydrogen-bond acceptors (Lipinski definition) is 6. The number of benzene rings is 2. The maximum atomic E-state index is 12.3. The van der Waals surface area contributed by atoms with Crippen LogP contribution in [0.2, 0.25) is 10.0 Å². The van der Waals surface area contributed by atoms with Crippen LogP contribution in [0.3, 0.4) is 0 Å². The van der Waals surface area contributed by atoms with Gasteiger partial charge in [0.1, 0.15) is 11.5 Å². The summed E-state index contributed by atoms with van der Waals surface area (Å²) in [5, 5.41) is 12.6. The van der Waals surface area contributed by atoms with E-state index in [0.717, 1.165) is 5.75 Å². The molecule has 0 saturated carbocycles. The molecule has 0 saturated heterocycles. The maximum absolute atomic E-state index is 12.3. The van der Waals surface area contributed by atoms with Crippen molar-refractivity contribution in [3.63, 3.8) is 0 Å². The Bertz CT molecular complexity index is 1030. The lowest BCUT2D eigenvalue weighted by atomic mass is 10.3. The number of hydrogen-bond donors (Lipinski definition) is 1. The molecular weight excluding hydrogens is 447 g/mol. The van der Waals surface area contributed by atoms with Gasteiger partial charge in [0.25, 0.3) is 0 Å². The van der Waals surface area contributed by atoms with Crippen LogP contribution in [0.5, 0.6) is 11.5 Å². The van der Waals surface area contributed by atoms with Crippen molar-refractivity contribution in [1.82, 2.24) is 14.8 Å². The van der Waals surface area contributed by atoms with Crippen LogP contribution < -0.4 is 14.8 Å². The number of carbonyl (C=O) groups is 1. The monoisotopic (exact) mass is 466 g/mol. The second-order valence-electron chi connectivity index (χ2n) is 6.30. The van der Waals surface area contributed by atoms with Crippen LogP contribution in [0.25, 0.3) is 0 Å². The van der Waals surface area contributed by atoms with Gasteiger partial charge in [0.2, 0.25) is 5.91 Å². The van der Waals surface area contributed by atoms with Gasteiger partial charge in [-0.3, -0.25) is 4.79 Å². The minimum atomic E-state index is -0.329. The van der Waals surface area contributed by atoms with Crippen LogP contribution in [0.4, 0.5) is 5.69 Å². The van der Waals surface area contributed by atoms with Gasteiger partial charge >= 0.3 is 0 Å². The molecule has 0 fully saturated rings. The number of aromatic nitrogens is 3. The highest BCUT2D eigenvalue weighted by molar-refractivity contribution is 7.99. The van der Waals surface area contributed by atoms with Crippen molar-refractivity contribution in [2.75, 3.05) is 18.2 Å². The number of carbonyl (C=O) groups excluding carboxylic acids is 1. The first-order chi connectivity index (χ1) is 14.4. The fraction of sp³-hybridized carbons (Fsp3) is 0.250. The highest BCUT2D eigenvalue weighted by Gasteiger charge is 2.18. The quantitative estimate of drug-likeness (QED) is 0.470. The topological polar surface area (TPSA) is 78.3 Å². The lowest BCUT2D eigenvalue weighted by molar-refractivity contribution is -0.113. The van der Waals surface area contributed by atoms with Gasteiger partial charge in [0.05, 0.1) is 23.6 Å². The van der Waals surface area contributed by atoms with Crippen molar-refractivity contribution in [1.29, 1.82) is 0 Å². The zero-order chi connectivity index (χ0) is 21.7. The largest absolute Gasteiger partial charge is 0.497 e. The molecule has 1 heterocycles. The third kappa shape index (κ3) is 5.59. The van der Waals surface area contributed by atoms with Crippen molar-refractivity contribution in [2.24, 2.45) is 7.05 Å². The van der Waals surface area contributed by atoms with E-state index in [1.165, 1.54) is 11.8 Å². The molecule has 0 aliphatic rings. The summed E-state index contributed by atoms with van der Waals surface area (Å²) in [4.78, 5) is 12.3. The minimum Gasteiger partial charge on any atom is -0.497 e. The van der Waals surface area contributed by atoms with Gasteiger partial charge in [-0.05, 0) is 49.4 Å². The summed E-state index contributed by atoms with van der Waals surface area (Å²) >= 11 is 13.3. The summed E-state index contributed by atoms with van der Waals surface area (Å²) in [7, 11) is 3.44. The van der Waals surface area contributed by atoms with Gasteiger partial charge < -0.3 is 19.4 Å². The smallest absolute Gasteiger partial charge is 0.234 e. The van der Waals surface area contributed by atoms with E-state index in [-0.39, 0.29) is 17.8 Å². The van der Waals surface area contributed by atoms with Crippen LogP contribution in [0.15, 0.2) is 47.6 Å². The molecule has 0 aliphatic heterocycles. The summed E-state index contributed by atoms with van der Waals surface area (Å²) < 4.78 is 12.9. The first-order valence-corrected chi connectivity index (χ1v) is 10.7. The normalized spacial score (nSPS) is 11.8. The summed E-state index contributed by atoms with van der Waals surface area (Å²) in [6.07, 6.45) is -0.329. The van der Waals surface area contributed by atoms with Crippen LogP contribution in [-0.4, -0.2) is 33.5 Å². The standard InChI is InChI=1S/C20H20Cl2N4O3S/c1-12(29-15-7-5-14(28-3)6-8-15)19-24-25-20(26(19)2)30-11-18(27)23-17-10-13(21)4-9-16(17)22/h4-10,12H,11H2,1-3H3,(H,23,27). The van der Waals surface area contributed by atoms with Crippen LogP contribution in [0.1, 0.15) is 18.9 Å². The molecule has 1 atom stereocenters. The average Bonchev–Trinajstić information content (AvgIpc) is 3.10. The summed E-state index contributed by atoms with van der Waals surface area (Å²) in [5.41, 5.74) is 0.468. The number of ether oxygens (including phenoxy) is 2. The Hall–Kier alpha value is -2.42. The zero-order valence-electron chi connectivity index (χ0n) is 16.6. The van der Waals surface area contributed by atoms with Gasteiger partial charge in [0, 0.05) is 12.1 Å². The predicted octanol–water partition coefficient (Wildman–Crippen LogP) is 5.00. The highest BCUT2D eigenvalue weighted by atomic mass is 35.5. The number of methoxy groups -OCH3 is 1. The number of rotatable bonds is 8. The van der Waals surface area contributed by atoms with Crippen molar-refractivity contribution >= 4 is 46.6 Å². The first kappa shape index (κ1) is 22.3. The average molecular weight is 467 g/mol. The van der Waals surface area contributed by atoms with Gasteiger partial charge in [0.15, 0.2) is 17.1 Å². The van der Waals surface area contributed by atoms with E-state index in [1.807, 2.05) is 38.2 Å². The number of nitrogens with zero attached hydrogens (tertiary/aromatic N) is 3. The Morgan fingerprint density at radius 1 is 1.17 bits per heavy atom. The van der Waals surface area contributed by atoms with Crippen LogP contribution in [0, 0.1) is 0 Å². The fourth-order valence-electron chi connectivity index (χ4n) is 2.63. The van der Waals surface area contributed by atoms with E-state index in [4.69, 9.17) is 32.7 Å². The Kier molecular flexibility index (Phi) is 7.47. The van der Waals surface area contributed by atoms with Crippen molar-refractivity contribution in [3.05, 3.63) is 58.3 Å². The summed E-state index contributed by atoms with van der Waals surface area (Å²) in [6.45, 7) is 1.89. The Balaban J connectivity index is 1.59. The first-order valence-electron chi connectivity index (χ1n) is 8.95. The van der Waals surface area contributed by atoms with E-state index < -0.39 is 0 Å². The van der Waals surface area contributed by atoms with E-state index in [1.54, 1.807) is 29.9 Å². The van der Waals surface area contributed by atoms with E-state index >= 15 is 0 Å². The van der Waals surface area contributed by atoms with Crippen LogP contribution >= 0.6 is 35.0 Å². The molecule has 0 aliphatic carbocycles. The van der Waals surface area contributed by atoms with E-state index in [9.17, 15) is 4.79 Å². The zero-order valence-corrected chi connectivity index (χ0v) is 18.9. The Morgan fingerprint density at radius 3 is 2.57 bits per heavy atom. The molecule has 1 unspecified atom stereocenters. The molecule has 0 bridgehead atoms. The molecule has 158 valence electrons. The molecule has 3 aromatic rings. The maximum Gasteiger partial charge on any atom is 0.234 e. The van der Waals surface area contributed by atoms with Crippen molar-refractivity contribution in [3.8, 4) is 11.5 Å². The summed E-state index contributed by atoms with van der Waals surface area (Å²) in [6, 6.07) is 12.2. The molecule has 0 radical (unpaired) electrons. The predicted molar refractivity (Wildman–Crippen MR) is 119 cm³/mol. The fourth-order valence-corrected chi connectivity index (χ4v) is 3.68. The number of thioether (sulfide) groups is 1. The highest BCUT2D eigenvalue weighted by Crippen LogP contribution is 2.27. The number of halogens is 2. The molecule has 0 spiro atoms. The number of amides is 1. The molecule has 30 heavy (non-hydrogen) atoms. The molecule has 1 amide bonds. The molecule has 7 nitrogen and oxygen atoms in total. The number of anilines is 1. The molecule has 10 heteroatoms. The molecule has 1 N–H and O–H groups in total. The third-order valence-electron chi connectivity index (χ3n) is 4.14. The SMILES string of the molecule is COc1ccc(OC(C)c2nnc(SCC(=O)Nc3cc(Cl)ccc3Cl)n2C)cc1. The molecule has 2 aromatic carbocycles. The van der Waals surface area contributed by atoms with E-state index in [2.05, 4.69) is 15.5 Å². The summed E-state index contributed by atoms with van der Waals surface area (Å²) in [5.74, 6) is 2.01. The molecular formula is C20H20Cl2N4O3S. The van der Waals surface area contributed by atoms with Gasteiger partial charge in [-0.15, -0.1) is 10.2 Å². The number of nitrogens with one attached hydrogen (secondary N) is 1. The second-order valence-corrected chi connectivity index (χ2v) is 8.08. The minimum absolute atomic E-state index is 0.141. The lowest BCUT2D eigenvalue weighted by Gasteiger charge is -2.14. The van der Waals surface area contributed by atoms with Crippen LogP contribution in [-0.2, 0) is 11.8 Å². The van der Waals surface area contributed by atoms with Gasteiger partial charge in [-0.1, -0.05) is 35.0 Å². The molecule has 3 rings (SSSR count). The van der Waals surface area contributed by atoms with Crippen molar-refractivity contribution in [2.45, 2.75) is 18.2 Å². The third-order valence-corrected chi connectivity index (χ3v) is 5.72. The van der Waals surface area contributed by atoms with Gasteiger partial charge in [-0.2, -0.15) is 0 Å². The second kappa shape index (κ2) is 10.1. The van der Waals surface area contributed by atoms with Crippen molar-refractivity contribution < 1.29 is 14.3 Å². The Morgan fingerprint density at radius 2 is 1.87 bits per heavy atom.